The monoisotopic (exact) mass is 258 g/mol. The second-order valence-corrected chi connectivity index (χ2v) is 5.83. The summed E-state index contributed by atoms with van der Waals surface area (Å²) in [4.78, 5) is 13.8. The number of carbonyl (C=O) groups is 1. The van der Waals surface area contributed by atoms with Crippen LogP contribution in [0.15, 0.2) is 0 Å². The van der Waals surface area contributed by atoms with Crippen molar-refractivity contribution in [3.05, 3.63) is 0 Å². The second-order valence-electron chi connectivity index (χ2n) is 5.83. The van der Waals surface area contributed by atoms with E-state index in [2.05, 4.69) is 5.32 Å². The first-order valence-electron chi connectivity index (χ1n) is 6.51. The highest BCUT2D eigenvalue weighted by Gasteiger charge is 2.32. The van der Waals surface area contributed by atoms with Crippen molar-refractivity contribution < 1.29 is 14.3 Å². The molecule has 2 unspecified atom stereocenters. The van der Waals surface area contributed by atoms with E-state index in [9.17, 15) is 4.79 Å². The zero-order valence-electron chi connectivity index (χ0n) is 12.2. The molecule has 5 heteroatoms. The van der Waals surface area contributed by atoms with Gasteiger partial charge < -0.3 is 19.7 Å². The van der Waals surface area contributed by atoms with Gasteiger partial charge in [-0.1, -0.05) is 0 Å². The Kier molecular flexibility index (Phi) is 5.41. The largest absolute Gasteiger partial charge is 0.444 e. The second kappa shape index (κ2) is 6.38. The van der Waals surface area contributed by atoms with Crippen LogP contribution < -0.4 is 5.32 Å². The Morgan fingerprint density at radius 2 is 2.11 bits per heavy atom. The molecule has 1 fully saturated rings. The van der Waals surface area contributed by atoms with Gasteiger partial charge in [0.2, 0.25) is 0 Å². The maximum atomic E-state index is 12.0. The van der Waals surface area contributed by atoms with Gasteiger partial charge in [0, 0.05) is 32.2 Å². The predicted octanol–water partition coefficient (Wildman–Crippen LogP) is 1.48. The summed E-state index contributed by atoms with van der Waals surface area (Å²) < 4.78 is 10.6. The van der Waals surface area contributed by atoms with E-state index in [1.54, 1.807) is 12.0 Å². The molecule has 0 saturated carbocycles. The lowest BCUT2D eigenvalue weighted by Crippen LogP contribution is -2.52. The van der Waals surface area contributed by atoms with Gasteiger partial charge in [-0.3, -0.25) is 0 Å². The molecule has 0 radical (unpaired) electrons. The lowest BCUT2D eigenvalue weighted by molar-refractivity contribution is 0.00586. The highest BCUT2D eigenvalue weighted by molar-refractivity contribution is 5.68. The molecule has 0 spiro atoms. The highest BCUT2D eigenvalue weighted by Crippen LogP contribution is 2.20. The fourth-order valence-electron chi connectivity index (χ4n) is 2.29. The number of hydrogen-bond donors (Lipinski definition) is 1. The van der Waals surface area contributed by atoms with Crippen LogP contribution in [-0.4, -0.2) is 56.5 Å². The van der Waals surface area contributed by atoms with Crippen molar-refractivity contribution in [2.75, 3.05) is 33.9 Å². The van der Waals surface area contributed by atoms with E-state index in [-0.39, 0.29) is 6.09 Å². The van der Waals surface area contributed by atoms with Crippen molar-refractivity contribution in [3.63, 3.8) is 0 Å². The summed E-state index contributed by atoms with van der Waals surface area (Å²) in [5.41, 5.74) is -0.437. The molecular weight excluding hydrogens is 232 g/mol. The maximum Gasteiger partial charge on any atom is 0.410 e. The third kappa shape index (κ3) is 4.46. The third-order valence-electron chi connectivity index (χ3n) is 3.14. The molecule has 1 heterocycles. The van der Waals surface area contributed by atoms with Gasteiger partial charge in [0.25, 0.3) is 0 Å². The number of nitrogens with zero attached hydrogens (tertiary/aromatic N) is 1. The summed E-state index contributed by atoms with van der Waals surface area (Å²) in [5, 5.41) is 3.29. The molecule has 1 saturated heterocycles. The molecule has 18 heavy (non-hydrogen) atoms. The first kappa shape index (κ1) is 15.2. The predicted molar refractivity (Wildman–Crippen MR) is 70.6 cm³/mol. The molecule has 1 aliphatic rings. The number of hydrogen-bond acceptors (Lipinski definition) is 4. The number of amides is 1. The van der Waals surface area contributed by atoms with E-state index in [0.29, 0.717) is 25.1 Å². The fourth-order valence-corrected chi connectivity index (χ4v) is 2.29. The topological polar surface area (TPSA) is 50.8 Å². The molecular formula is C13H26N2O3. The van der Waals surface area contributed by atoms with E-state index in [1.807, 2.05) is 27.8 Å². The number of ether oxygens (including phenoxy) is 2. The lowest BCUT2D eigenvalue weighted by atomic mass is 9.93. The number of carbonyl (C=O) groups excluding carboxylic acids is 1. The van der Waals surface area contributed by atoms with E-state index in [1.165, 1.54) is 0 Å². The van der Waals surface area contributed by atoms with Crippen LogP contribution >= 0.6 is 0 Å². The van der Waals surface area contributed by atoms with E-state index < -0.39 is 5.60 Å². The van der Waals surface area contributed by atoms with Crippen molar-refractivity contribution in [1.82, 2.24) is 10.2 Å². The molecule has 0 aliphatic carbocycles. The molecule has 1 aliphatic heterocycles. The van der Waals surface area contributed by atoms with Gasteiger partial charge in [-0.15, -0.1) is 0 Å². The molecule has 1 N–H and O–H groups in total. The molecule has 1 rings (SSSR count). The van der Waals surface area contributed by atoms with Gasteiger partial charge >= 0.3 is 6.09 Å². The molecule has 5 nitrogen and oxygen atoms in total. The highest BCUT2D eigenvalue weighted by atomic mass is 16.6. The summed E-state index contributed by atoms with van der Waals surface area (Å²) in [5.74, 6) is 0.321. The molecule has 0 aromatic heterocycles. The Bertz CT molecular complexity index is 276. The molecule has 2 atom stereocenters. The van der Waals surface area contributed by atoms with Gasteiger partial charge in [0.1, 0.15) is 5.60 Å². The standard InChI is InChI=1S/C13H26N2O3/c1-13(2,3)18-12(16)15-7-6-11(14-4)10(8-15)9-17-5/h10-11,14H,6-9H2,1-5H3. The van der Waals surface area contributed by atoms with Crippen LogP contribution in [0.1, 0.15) is 27.2 Å². The zero-order valence-corrected chi connectivity index (χ0v) is 12.2. The maximum absolute atomic E-state index is 12.0. The van der Waals surface area contributed by atoms with Crippen LogP contribution in [0.2, 0.25) is 0 Å². The smallest absolute Gasteiger partial charge is 0.410 e. The zero-order chi connectivity index (χ0) is 13.8. The third-order valence-corrected chi connectivity index (χ3v) is 3.14. The normalized spacial score (nSPS) is 25.1. The molecule has 0 bridgehead atoms. The Hall–Kier alpha value is -0.810. The van der Waals surface area contributed by atoms with Crippen molar-refractivity contribution >= 4 is 6.09 Å². The average molecular weight is 258 g/mol. The summed E-state index contributed by atoms with van der Waals surface area (Å²) >= 11 is 0. The van der Waals surface area contributed by atoms with Crippen molar-refractivity contribution in [2.24, 2.45) is 5.92 Å². The summed E-state index contributed by atoms with van der Waals surface area (Å²) in [6, 6.07) is 0.406. The van der Waals surface area contributed by atoms with Crippen molar-refractivity contribution in [2.45, 2.75) is 38.8 Å². The van der Waals surface area contributed by atoms with Gasteiger partial charge in [-0.25, -0.2) is 4.79 Å². The summed E-state index contributed by atoms with van der Waals surface area (Å²) in [6.45, 7) is 7.74. The van der Waals surface area contributed by atoms with Crippen LogP contribution in [0.3, 0.4) is 0 Å². The number of rotatable bonds is 3. The lowest BCUT2D eigenvalue weighted by Gasteiger charge is -2.38. The van der Waals surface area contributed by atoms with Crippen molar-refractivity contribution in [3.8, 4) is 0 Å². The number of piperidine rings is 1. The van der Waals surface area contributed by atoms with E-state index >= 15 is 0 Å². The summed E-state index contributed by atoms with van der Waals surface area (Å²) in [6.07, 6.45) is 0.710. The molecule has 0 aromatic rings. The Morgan fingerprint density at radius 1 is 1.44 bits per heavy atom. The Labute approximate surface area is 110 Å². The molecule has 106 valence electrons. The quantitative estimate of drug-likeness (QED) is 0.833. The van der Waals surface area contributed by atoms with Gasteiger partial charge in [0.15, 0.2) is 0 Å². The van der Waals surface area contributed by atoms with Crippen LogP contribution in [0, 0.1) is 5.92 Å². The first-order valence-corrected chi connectivity index (χ1v) is 6.51. The minimum absolute atomic E-state index is 0.224. The number of nitrogens with one attached hydrogen (secondary N) is 1. The fraction of sp³-hybridized carbons (Fsp3) is 0.923. The minimum Gasteiger partial charge on any atom is -0.444 e. The number of methoxy groups -OCH3 is 1. The van der Waals surface area contributed by atoms with Crippen LogP contribution in [0.4, 0.5) is 4.79 Å². The van der Waals surface area contributed by atoms with Gasteiger partial charge in [-0.2, -0.15) is 0 Å². The van der Waals surface area contributed by atoms with Crippen LogP contribution in [-0.2, 0) is 9.47 Å². The molecule has 0 aromatic carbocycles. The number of likely N-dealkylation sites (tertiary alicyclic amines) is 1. The van der Waals surface area contributed by atoms with E-state index in [0.717, 1.165) is 13.0 Å². The summed E-state index contributed by atoms with van der Waals surface area (Å²) in [7, 11) is 3.65. The van der Waals surface area contributed by atoms with Gasteiger partial charge in [0.05, 0.1) is 6.61 Å². The molecule has 1 amide bonds. The van der Waals surface area contributed by atoms with E-state index in [4.69, 9.17) is 9.47 Å². The Balaban J connectivity index is 2.56. The van der Waals surface area contributed by atoms with Crippen LogP contribution in [0.25, 0.3) is 0 Å². The Morgan fingerprint density at radius 3 is 2.61 bits per heavy atom. The average Bonchev–Trinajstić information content (AvgIpc) is 2.27. The van der Waals surface area contributed by atoms with Crippen molar-refractivity contribution in [1.29, 1.82) is 0 Å². The van der Waals surface area contributed by atoms with Crippen LogP contribution in [0.5, 0.6) is 0 Å². The first-order chi connectivity index (χ1) is 8.37. The SMILES string of the molecule is CNC1CCN(C(=O)OC(C)(C)C)CC1COC. The van der Waals surface area contributed by atoms with Gasteiger partial charge in [-0.05, 0) is 34.2 Å². The minimum atomic E-state index is -0.437.